The molecule has 0 fully saturated rings. The van der Waals surface area contributed by atoms with Crippen LogP contribution in [0.25, 0.3) is 0 Å². The fourth-order valence-corrected chi connectivity index (χ4v) is 2.47. The van der Waals surface area contributed by atoms with Gasteiger partial charge in [-0.3, -0.25) is 0 Å². The number of aryl methyl sites for hydroxylation is 1. The van der Waals surface area contributed by atoms with Crippen LogP contribution in [0.4, 0.5) is 13.2 Å². The first-order valence-corrected chi connectivity index (χ1v) is 6.27. The highest BCUT2D eigenvalue weighted by Gasteiger charge is 2.19. The van der Waals surface area contributed by atoms with Gasteiger partial charge in [0.15, 0.2) is 11.6 Å². The van der Waals surface area contributed by atoms with Gasteiger partial charge in [0, 0.05) is 16.1 Å². The van der Waals surface area contributed by atoms with Crippen molar-refractivity contribution in [2.75, 3.05) is 0 Å². The summed E-state index contributed by atoms with van der Waals surface area (Å²) in [5.41, 5.74) is 0.958. The van der Waals surface area contributed by atoms with Crippen molar-refractivity contribution in [1.82, 2.24) is 0 Å². The highest BCUT2D eigenvalue weighted by Crippen LogP contribution is 2.28. The summed E-state index contributed by atoms with van der Waals surface area (Å²) in [6, 6.07) is 6.16. The largest absolute Gasteiger partial charge is 0.384 e. The second-order valence-corrected chi connectivity index (χ2v) is 5.17. The summed E-state index contributed by atoms with van der Waals surface area (Å²) in [6.07, 6.45) is -1.36. The van der Waals surface area contributed by atoms with Gasteiger partial charge in [-0.25, -0.2) is 13.2 Å². The van der Waals surface area contributed by atoms with Crippen LogP contribution in [-0.2, 0) is 0 Å². The lowest BCUT2D eigenvalue weighted by molar-refractivity contribution is 0.213. The second kappa shape index (κ2) is 5.35. The number of hydrogen-bond donors (Lipinski definition) is 1. The summed E-state index contributed by atoms with van der Waals surface area (Å²) >= 11 is 3.26. The molecular formula is C14H10BrF3O. The van der Waals surface area contributed by atoms with Crippen molar-refractivity contribution < 1.29 is 18.3 Å². The molecule has 0 aromatic heterocycles. The van der Waals surface area contributed by atoms with E-state index in [1.54, 1.807) is 12.1 Å². The van der Waals surface area contributed by atoms with Crippen molar-refractivity contribution in [3.8, 4) is 0 Å². The van der Waals surface area contributed by atoms with Gasteiger partial charge in [0.2, 0.25) is 0 Å². The zero-order chi connectivity index (χ0) is 14.2. The molecule has 0 saturated heterocycles. The summed E-state index contributed by atoms with van der Waals surface area (Å²) in [7, 11) is 0. The highest BCUT2D eigenvalue weighted by molar-refractivity contribution is 9.10. The smallest absolute Gasteiger partial charge is 0.161 e. The molecule has 0 aliphatic heterocycles. The first-order valence-electron chi connectivity index (χ1n) is 5.48. The molecule has 0 bridgehead atoms. The second-order valence-electron chi connectivity index (χ2n) is 4.25. The van der Waals surface area contributed by atoms with Crippen molar-refractivity contribution in [2.24, 2.45) is 0 Å². The maximum absolute atomic E-state index is 13.6. The summed E-state index contributed by atoms with van der Waals surface area (Å²) in [5.74, 6) is -3.45. The number of aliphatic hydroxyl groups excluding tert-OH is 1. The van der Waals surface area contributed by atoms with Gasteiger partial charge in [-0.15, -0.1) is 0 Å². The van der Waals surface area contributed by atoms with E-state index in [9.17, 15) is 18.3 Å². The molecule has 0 aliphatic carbocycles. The van der Waals surface area contributed by atoms with Crippen molar-refractivity contribution in [3.05, 3.63) is 68.9 Å². The number of benzene rings is 2. The summed E-state index contributed by atoms with van der Waals surface area (Å²) < 4.78 is 40.3. The van der Waals surface area contributed by atoms with E-state index >= 15 is 0 Å². The van der Waals surface area contributed by atoms with Gasteiger partial charge < -0.3 is 5.11 Å². The van der Waals surface area contributed by atoms with E-state index in [-0.39, 0.29) is 5.56 Å². The Hall–Kier alpha value is -1.33. The average Bonchev–Trinajstić information content (AvgIpc) is 2.31. The molecular weight excluding hydrogens is 321 g/mol. The van der Waals surface area contributed by atoms with Gasteiger partial charge in [0.25, 0.3) is 0 Å². The number of halogens is 4. The van der Waals surface area contributed by atoms with Gasteiger partial charge in [0.1, 0.15) is 11.9 Å². The topological polar surface area (TPSA) is 20.2 Å². The third kappa shape index (κ3) is 2.98. The average molecular weight is 331 g/mol. The van der Waals surface area contributed by atoms with Crippen molar-refractivity contribution in [1.29, 1.82) is 0 Å². The molecule has 5 heteroatoms. The summed E-state index contributed by atoms with van der Waals surface area (Å²) in [4.78, 5) is 0. The van der Waals surface area contributed by atoms with Crippen LogP contribution in [0.2, 0.25) is 0 Å². The third-order valence-corrected chi connectivity index (χ3v) is 3.17. The fraction of sp³-hybridized carbons (Fsp3) is 0.143. The van der Waals surface area contributed by atoms with E-state index < -0.39 is 23.6 Å². The molecule has 1 N–H and O–H groups in total. The number of hydrogen-bond acceptors (Lipinski definition) is 1. The molecule has 1 nitrogen and oxygen atoms in total. The SMILES string of the molecule is Cc1cc(Br)cc(C(O)c2cc(F)c(F)cc2F)c1. The number of aliphatic hydroxyl groups is 1. The van der Waals surface area contributed by atoms with Crippen LogP contribution < -0.4 is 0 Å². The molecule has 2 aromatic rings. The van der Waals surface area contributed by atoms with Crippen LogP contribution >= 0.6 is 15.9 Å². The maximum Gasteiger partial charge on any atom is 0.161 e. The molecule has 19 heavy (non-hydrogen) atoms. The molecule has 2 rings (SSSR count). The van der Waals surface area contributed by atoms with E-state index in [1.165, 1.54) is 0 Å². The number of rotatable bonds is 2. The molecule has 0 spiro atoms. The highest BCUT2D eigenvalue weighted by atomic mass is 79.9. The first-order chi connectivity index (χ1) is 8.88. The molecule has 0 amide bonds. The molecule has 0 aliphatic rings. The quantitative estimate of drug-likeness (QED) is 0.816. The van der Waals surface area contributed by atoms with E-state index in [1.807, 2.05) is 13.0 Å². The van der Waals surface area contributed by atoms with Crippen molar-refractivity contribution in [2.45, 2.75) is 13.0 Å². The molecule has 1 unspecified atom stereocenters. The van der Waals surface area contributed by atoms with E-state index in [0.717, 1.165) is 5.56 Å². The monoisotopic (exact) mass is 330 g/mol. The minimum atomic E-state index is -1.36. The minimum absolute atomic E-state index is 0.295. The normalized spacial score (nSPS) is 12.5. The van der Waals surface area contributed by atoms with Crippen LogP contribution in [0.1, 0.15) is 22.8 Å². The minimum Gasteiger partial charge on any atom is -0.384 e. The molecule has 0 saturated carbocycles. The van der Waals surface area contributed by atoms with Gasteiger partial charge in [-0.2, -0.15) is 0 Å². The molecule has 2 aromatic carbocycles. The summed E-state index contributed by atoms with van der Waals surface area (Å²) in [5, 5.41) is 10.1. The fourth-order valence-electron chi connectivity index (χ4n) is 1.85. The molecule has 100 valence electrons. The van der Waals surface area contributed by atoms with Gasteiger partial charge in [0.05, 0.1) is 0 Å². The van der Waals surface area contributed by atoms with E-state index in [0.29, 0.717) is 22.2 Å². The molecule has 0 radical (unpaired) electrons. The van der Waals surface area contributed by atoms with Crippen LogP contribution in [0.3, 0.4) is 0 Å². The Morgan fingerprint density at radius 3 is 2.21 bits per heavy atom. The zero-order valence-electron chi connectivity index (χ0n) is 9.92. The molecule has 1 atom stereocenters. The zero-order valence-corrected chi connectivity index (χ0v) is 11.5. The Balaban J connectivity index is 2.49. The predicted octanol–water partition coefficient (Wildman–Crippen LogP) is 4.26. The Kier molecular flexibility index (Phi) is 3.96. The van der Waals surface area contributed by atoms with Gasteiger partial charge in [-0.05, 0) is 36.2 Å². The Morgan fingerprint density at radius 1 is 0.947 bits per heavy atom. The Morgan fingerprint density at radius 2 is 1.58 bits per heavy atom. The lowest BCUT2D eigenvalue weighted by Crippen LogP contribution is -2.05. The third-order valence-electron chi connectivity index (χ3n) is 2.71. The van der Waals surface area contributed by atoms with E-state index in [4.69, 9.17) is 0 Å². The van der Waals surface area contributed by atoms with Gasteiger partial charge >= 0.3 is 0 Å². The van der Waals surface area contributed by atoms with Crippen LogP contribution in [0.15, 0.2) is 34.8 Å². The Bertz CT molecular complexity index is 608. The van der Waals surface area contributed by atoms with E-state index in [2.05, 4.69) is 15.9 Å². The lowest BCUT2D eigenvalue weighted by atomic mass is 9.99. The Labute approximate surface area is 116 Å². The first kappa shape index (κ1) is 14.1. The molecule has 0 heterocycles. The van der Waals surface area contributed by atoms with Crippen molar-refractivity contribution in [3.63, 3.8) is 0 Å². The summed E-state index contributed by atoms with van der Waals surface area (Å²) in [6.45, 7) is 1.81. The van der Waals surface area contributed by atoms with Crippen LogP contribution in [0, 0.1) is 24.4 Å². The van der Waals surface area contributed by atoms with Crippen LogP contribution in [-0.4, -0.2) is 5.11 Å². The lowest BCUT2D eigenvalue weighted by Gasteiger charge is -2.14. The van der Waals surface area contributed by atoms with Crippen molar-refractivity contribution >= 4 is 15.9 Å². The standard InChI is InChI=1S/C14H10BrF3O/c1-7-2-8(4-9(15)3-7)14(19)10-5-12(17)13(18)6-11(10)16/h2-6,14,19H,1H3. The predicted molar refractivity (Wildman–Crippen MR) is 69.3 cm³/mol. The maximum atomic E-state index is 13.6. The van der Waals surface area contributed by atoms with Crippen LogP contribution in [0.5, 0.6) is 0 Å². The van der Waals surface area contributed by atoms with Gasteiger partial charge in [-0.1, -0.05) is 22.0 Å².